The molecule has 0 aliphatic carbocycles. The van der Waals surface area contributed by atoms with E-state index < -0.39 is 0 Å². The fourth-order valence-electron chi connectivity index (χ4n) is 2.25. The maximum atomic E-state index is 11.7. The molecule has 0 aliphatic heterocycles. The van der Waals surface area contributed by atoms with Crippen molar-refractivity contribution in [3.8, 4) is 22.4 Å². The van der Waals surface area contributed by atoms with Gasteiger partial charge in [-0.05, 0) is 30.7 Å². The van der Waals surface area contributed by atoms with Gasteiger partial charge in [-0.2, -0.15) is 5.10 Å². The Balaban J connectivity index is 1.97. The molecule has 2 heterocycles. The van der Waals surface area contributed by atoms with Crippen LogP contribution in [0.5, 0.6) is 0 Å². The fraction of sp³-hybridized carbons (Fsp3) is 0.125. The number of carbonyl (C=O) groups is 1. The standard InChI is InChI=1S/C16H14ClN3O2/c1-2-22-16(21)14-7-11(8-18-14)15-13(9-19-20-15)10-4-3-5-12(17)6-10/h3-9,18H,2H2,1H3,(H,19,20). The van der Waals surface area contributed by atoms with Gasteiger partial charge in [-0.1, -0.05) is 23.7 Å². The van der Waals surface area contributed by atoms with Crippen LogP contribution in [0.15, 0.2) is 42.7 Å². The summed E-state index contributed by atoms with van der Waals surface area (Å²) in [5, 5.41) is 7.71. The van der Waals surface area contributed by atoms with E-state index in [4.69, 9.17) is 16.3 Å². The Morgan fingerprint density at radius 2 is 2.18 bits per heavy atom. The van der Waals surface area contributed by atoms with Crippen molar-refractivity contribution in [2.45, 2.75) is 6.92 Å². The second-order valence-corrected chi connectivity index (χ2v) is 5.13. The number of carbonyl (C=O) groups excluding carboxylic acids is 1. The van der Waals surface area contributed by atoms with Crippen LogP contribution in [0.4, 0.5) is 0 Å². The molecule has 0 spiro atoms. The monoisotopic (exact) mass is 315 g/mol. The Bertz CT molecular complexity index is 807. The van der Waals surface area contributed by atoms with Crippen molar-refractivity contribution in [2.24, 2.45) is 0 Å². The normalized spacial score (nSPS) is 10.6. The summed E-state index contributed by atoms with van der Waals surface area (Å²) in [6.45, 7) is 2.11. The molecule has 0 amide bonds. The lowest BCUT2D eigenvalue weighted by Crippen LogP contribution is -2.04. The van der Waals surface area contributed by atoms with Gasteiger partial charge in [-0.3, -0.25) is 5.10 Å². The van der Waals surface area contributed by atoms with E-state index in [2.05, 4.69) is 15.2 Å². The molecule has 3 aromatic rings. The number of rotatable bonds is 4. The van der Waals surface area contributed by atoms with E-state index in [1.54, 1.807) is 25.4 Å². The summed E-state index contributed by atoms with van der Waals surface area (Å²) < 4.78 is 4.98. The van der Waals surface area contributed by atoms with Crippen LogP contribution >= 0.6 is 11.6 Å². The second-order valence-electron chi connectivity index (χ2n) is 4.69. The number of H-pyrrole nitrogens is 2. The van der Waals surface area contributed by atoms with Gasteiger partial charge in [0.15, 0.2) is 0 Å². The molecule has 22 heavy (non-hydrogen) atoms. The molecular weight excluding hydrogens is 302 g/mol. The van der Waals surface area contributed by atoms with Crippen molar-refractivity contribution in [3.05, 3.63) is 53.4 Å². The van der Waals surface area contributed by atoms with Crippen molar-refractivity contribution in [3.63, 3.8) is 0 Å². The lowest BCUT2D eigenvalue weighted by Gasteiger charge is -2.02. The van der Waals surface area contributed by atoms with Crippen LogP contribution in [0.1, 0.15) is 17.4 Å². The van der Waals surface area contributed by atoms with Crippen molar-refractivity contribution in [1.82, 2.24) is 15.2 Å². The van der Waals surface area contributed by atoms with Gasteiger partial charge in [0.05, 0.1) is 18.5 Å². The molecule has 1 aromatic carbocycles. The largest absolute Gasteiger partial charge is 0.461 e. The van der Waals surface area contributed by atoms with Crippen LogP contribution in [0.3, 0.4) is 0 Å². The molecule has 0 radical (unpaired) electrons. The summed E-state index contributed by atoms with van der Waals surface area (Å²) in [5.74, 6) is -0.377. The SMILES string of the molecule is CCOC(=O)c1cc(-c2[nH]ncc2-c2cccc(Cl)c2)c[nH]1. The summed E-state index contributed by atoms with van der Waals surface area (Å²) in [7, 11) is 0. The first kappa shape index (κ1) is 14.4. The first-order valence-electron chi connectivity index (χ1n) is 6.84. The van der Waals surface area contributed by atoms with Gasteiger partial charge in [0.25, 0.3) is 0 Å². The van der Waals surface area contributed by atoms with Crippen molar-refractivity contribution >= 4 is 17.6 Å². The van der Waals surface area contributed by atoms with Gasteiger partial charge < -0.3 is 9.72 Å². The van der Waals surface area contributed by atoms with Gasteiger partial charge in [-0.15, -0.1) is 0 Å². The minimum atomic E-state index is -0.377. The van der Waals surface area contributed by atoms with Gasteiger partial charge in [-0.25, -0.2) is 4.79 Å². The predicted octanol–water partition coefficient (Wildman–Crippen LogP) is 3.90. The van der Waals surface area contributed by atoms with Crippen molar-refractivity contribution in [1.29, 1.82) is 0 Å². The zero-order valence-electron chi connectivity index (χ0n) is 11.9. The van der Waals surface area contributed by atoms with Crippen LogP contribution in [0.25, 0.3) is 22.4 Å². The molecule has 6 heteroatoms. The first-order chi connectivity index (χ1) is 10.7. The van der Waals surface area contributed by atoms with Crippen LogP contribution in [-0.2, 0) is 4.74 Å². The maximum absolute atomic E-state index is 11.7. The zero-order chi connectivity index (χ0) is 15.5. The average molecular weight is 316 g/mol. The van der Waals surface area contributed by atoms with Gasteiger partial charge in [0.2, 0.25) is 0 Å². The molecule has 0 saturated carbocycles. The molecular formula is C16H14ClN3O2. The van der Waals surface area contributed by atoms with Gasteiger partial charge in [0.1, 0.15) is 5.69 Å². The average Bonchev–Trinajstić information content (AvgIpc) is 3.16. The van der Waals surface area contributed by atoms with Gasteiger partial charge in [0, 0.05) is 22.3 Å². The van der Waals surface area contributed by atoms with Crippen molar-refractivity contribution in [2.75, 3.05) is 6.61 Å². The minimum Gasteiger partial charge on any atom is -0.461 e. The number of aromatic nitrogens is 3. The number of nitrogens with one attached hydrogen (secondary N) is 2. The Hall–Kier alpha value is -2.53. The lowest BCUT2D eigenvalue weighted by atomic mass is 10.0. The third kappa shape index (κ3) is 2.76. The molecule has 0 atom stereocenters. The Labute approximate surface area is 132 Å². The molecule has 0 unspecified atom stereocenters. The van der Waals surface area contributed by atoms with E-state index in [-0.39, 0.29) is 5.97 Å². The van der Waals surface area contributed by atoms with Crippen LogP contribution in [0, 0.1) is 0 Å². The highest BCUT2D eigenvalue weighted by atomic mass is 35.5. The Morgan fingerprint density at radius 1 is 1.32 bits per heavy atom. The number of nitrogens with zero attached hydrogens (tertiary/aromatic N) is 1. The van der Waals surface area contributed by atoms with Crippen LogP contribution in [-0.4, -0.2) is 27.8 Å². The number of aromatic amines is 2. The number of ether oxygens (including phenoxy) is 1. The smallest absolute Gasteiger partial charge is 0.354 e. The quantitative estimate of drug-likeness (QED) is 0.717. The number of hydrogen-bond donors (Lipinski definition) is 2. The van der Waals surface area contributed by atoms with E-state index in [0.717, 1.165) is 22.4 Å². The number of benzene rings is 1. The van der Waals surface area contributed by atoms with Crippen molar-refractivity contribution < 1.29 is 9.53 Å². The highest BCUT2D eigenvalue weighted by Gasteiger charge is 2.15. The molecule has 0 saturated heterocycles. The third-order valence-electron chi connectivity index (χ3n) is 3.24. The Kier molecular flexibility index (Phi) is 3.98. The highest BCUT2D eigenvalue weighted by Crippen LogP contribution is 2.31. The molecule has 0 aliphatic rings. The summed E-state index contributed by atoms with van der Waals surface area (Å²) in [5.41, 5.74) is 3.92. The number of esters is 1. The summed E-state index contributed by atoms with van der Waals surface area (Å²) >= 11 is 6.04. The van der Waals surface area contributed by atoms with E-state index in [9.17, 15) is 4.79 Å². The maximum Gasteiger partial charge on any atom is 0.354 e. The molecule has 5 nitrogen and oxygen atoms in total. The second kappa shape index (κ2) is 6.07. The molecule has 112 valence electrons. The van der Waals surface area contributed by atoms with E-state index >= 15 is 0 Å². The predicted molar refractivity (Wildman–Crippen MR) is 84.8 cm³/mol. The minimum absolute atomic E-state index is 0.338. The molecule has 0 fully saturated rings. The number of hydrogen-bond acceptors (Lipinski definition) is 3. The molecule has 2 N–H and O–H groups in total. The summed E-state index contributed by atoms with van der Waals surface area (Å²) in [6, 6.07) is 9.27. The van der Waals surface area contributed by atoms with E-state index in [1.807, 2.05) is 24.3 Å². The summed E-state index contributed by atoms with van der Waals surface area (Å²) in [6.07, 6.45) is 3.48. The molecule has 3 rings (SSSR count). The molecule has 0 bridgehead atoms. The van der Waals surface area contributed by atoms with Crippen LogP contribution in [0.2, 0.25) is 5.02 Å². The zero-order valence-corrected chi connectivity index (χ0v) is 12.6. The van der Waals surface area contributed by atoms with Gasteiger partial charge >= 0.3 is 5.97 Å². The van der Waals surface area contributed by atoms with E-state index in [0.29, 0.717) is 17.3 Å². The Morgan fingerprint density at radius 3 is 2.95 bits per heavy atom. The topological polar surface area (TPSA) is 70.8 Å². The lowest BCUT2D eigenvalue weighted by molar-refractivity contribution is 0.0520. The summed E-state index contributed by atoms with van der Waals surface area (Å²) in [4.78, 5) is 14.7. The molecule has 2 aromatic heterocycles. The van der Waals surface area contributed by atoms with Crippen LogP contribution < -0.4 is 0 Å². The fourth-order valence-corrected chi connectivity index (χ4v) is 2.44. The number of halogens is 1. The first-order valence-corrected chi connectivity index (χ1v) is 7.22. The third-order valence-corrected chi connectivity index (χ3v) is 3.48. The van der Waals surface area contributed by atoms with E-state index in [1.165, 1.54) is 0 Å². The highest BCUT2D eigenvalue weighted by molar-refractivity contribution is 6.30.